The van der Waals surface area contributed by atoms with Crippen LogP contribution in [-0.2, 0) is 10.0 Å². The van der Waals surface area contributed by atoms with Gasteiger partial charge in [0.2, 0.25) is 0 Å². The molecule has 0 aliphatic heterocycles. The lowest BCUT2D eigenvalue weighted by atomic mass is 10.1. The first-order chi connectivity index (χ1) is 9.70. The van der Waals surface area contributed by atoms with Crippen molar-refractivity contribution in [2.75, 3.05) is 4.72 Å². The van der Waals surface area contributed by atoms with Gasteiger partial charge in [0.25, 0.3) is 10.0 Å². The molecule has 0 amide bonds. The average molecular weight is 311 g/mol. The third-order valence-corrected chi connectivity index (χ3v) is 4.81. The molecule has 1 heterocycles. The van der Waals surface area contributed by atoms with E-state index >= 15 is 0 Å². The number of halogens is 1. The average Bonchev–Trinajstić information content (AvgIpc) is 2.74. The second-order valence-electron chi connectivity index (χ2n) is 5.34. The maximum Gasteiger partial charge on any atom is 0.263 e. The summed E-state index contributed by atoms with van der Waals surface area (Å²) in [6.07, 6.45) is 0. The van der Waals surface area contributed by atoms with E-state index in [2.05, 4.69) is 14.9 Å². The van der Waals surface area contributed by atoms with Crippen LogP contribution in [0.25, 0.3) is 0 Å². The van der Waals surface area contributed by atoms with E-state index in [-0.39, 0.29) is 16.6 Å². The van der Waals surface area contributed by atoms with E-state index in [1.54, 1.807) is 19.9 Å². The van der Waals surface area contributed by atoms with E-state index in [1.165, 1.54) is 12.1 Å². The lowest BCUT2D eigenvalue weighted by molar-refractivity contribution is 0.597. The van der Waals surface area contributed by atoms with Crippen LogP contribution >= 0.6 is 0 Å². The molecule has 2 aromatic rings. The van der Waals surface area contributed by atoms with Gasteiger partial charge in [0, 0.05) is 11.8 Å². The Bertz CT molecular complexity index is 743. The van der Waals surface area contributed by atoms with Gasteiger partial charge >= 0.3 is 0 Å². The SMILES string of the molecule is Cc1cc(F)cc(C)c1S(=O)(=O)Nc1cc(C(C)C)[nH]n1. The highest BCUT2D eigenvalue weighted by molar-refractivity contribution is 7.92. The molecule has 5 nitrogen and oxygen atoms in total. The van der Waals surface area contributed by atoms with Crippen molar-refractivity contribution in [3.8, 4) is 0 Å². The second-order valence-corrected chi connectivity index (χ2v) is 6.96. The van der Waals surface area contributed by atoms with Gasteiger partial charge in [-0.2, -0.15) is 5.10 Å². The topological polar surface area (TPSA) is 74.8 Å². The van der Waals surface area contributed by atoms with Crippen molar-refractivity contribution >= 4 is 15.8 Å². The zero-order chi connectivity index (χ0) is 15.8. The normalized spacial score (nSPS) is 11.9. The van der Waals surface area contributed by atoms with Crippen LogP contribution in [0, 0.1) is 19.7 Å². The second kappa shape index (κ2) is 5.48. The van der Waals surface area contributed by atoms with Crippen LogP contribution in [0.2, 0.25) is 0 Å². The summed E-state index contributed by atoms with van der Waals surface area (Å²) in [7, 11) is -3.80. The molecule has 114 valence electrons. The summed E-state index contributed by atoms with van der Waals surface area (Å²) < 4.78 is 40.6. The number of sulfonamides is 1. The van der Waals surface area contributed by atoms with Crippen LogP contribution < -0.4 is 4.72 Å². The molecule has 2 rings (SSSR count). The fourth-order valence-corrected chi connectivity index (χ4v) is 3.64. The summed E-state index contributed by atoms with van der Waals surface area (Å²) in [6.45, 7) is 7.07. The van der Waals surface area contributed by atoms with Gasteiger partial charge in [-0.25, -0.2) is 12.8 Å². The van der Waals surface area contributed by atoms with E-state index in [9.17, 15) is 12.8 Å². The molecule has 0 aliphatic carbocycles. The van der Waals surface area contributed by atoms with Gasteiger partial charge in [-0.1, -0.05) is 13.8 Å². The summed E-state index contributed by atoms with van der Waals surface area (Å²) in [4.78, 5) is 0.0815. The van der Waals surface area contributed by atoms with Crippen molar-refractivity contribution in [2.45, 2.75) is 38.5 Å². The van der Waals surface area contributed by atoms with E-state index in [0.717, 1.165) is 5.69 Å². The molecular weight excluding hydrogens is 293 g/mol. The number of H-pyrrole nitrogens is 1. The van der Waals surface area contributed by atoms with Crippen molar-refractivity contribution in [3.63, 3.8) is 0 Å². The van der Waals surface area contributed by atoms with Crippen molar-refractivity contribution in [1.82, 2.24) is 10.2 Å². The Kier molecular flexibility index (Phi) is 4.04. The van der Waals surface area contributed by atoms with Gasteiger partial charge in [-0.3, -0.25) is 9.82 Å². The zero-order valence-electron chi connectivity index (χ0n) is 12.4. The molecule has 0 saturated carbocycles. The molecule has 0 fully saturated rings. The fourth-order valence-electron chi connectivity index (χ4n) is 2.19. The van der Waals surface area contributed by atoms with E-state index in [4.69, 9.17) is 0 Å². The number of nitrogens with zero attached hydrogens (tertiary/aromatic N) is 1. The maximum atomic E-state index is 13.3. The lowest BCUT2D eigenvalue weighted by Gasteiger charge is -2.11. The molecule has 0 spiro atoms. The van der Waals surface area contributed by atoms with Crippen LogP contribution in [-0.4, -0.2) is 18.6 Å². The van der Waals surface area contributed by atoms with E-state index < -0.39 is 15.8 Å². The number of rotatable bonds is 4. The minimum Gasteiger partial charge on any atom is -0.280 e. The first kappa shape index (κ1) is 15.5. The molecule has 0 bridgehead atoms. The number of aryl methyl sites for hydroxylation is 2. The molecule has 7 heteroatoms. The van der Waals surface area contributed by atoms with Gasteiger partial charge in [0.15, 0.2) is 5.82 Å². The maximum absolute atomic E-state index is 13.3. The first-order valence-electron chi connectivity index (χ1n) is 6.55. The van der Waals surface area contributed by atoms with Crippen molar-refractivity contribution in [2.24, 2.45) is 0 Å². The lowest BCUT2D eigenvalue weighted by Crippen LogP contribution is -2.16. The highest BCUT2D eigenvalue weighted by atomic mass is 32.2. The van der Waals surface area contributed by atoms with Crippen molar-refractivity contribution in [1.29, 1.82) is 0 Å². The predicted molar refractivity (Wildman–Crippen MR) is 79.4 cm³/mol. The zero-order valence-corrected chi connectivity index (χ0v) is 13.2. The van der Waals surface area contributed by atoms with Gasteiger partial charge < -0.3 is 0 Å². The quantitative estimate of drug-likeness (QED) is 0.911. The monoisotopic (exact) mass is 311 g/mol. The predicted octanol–water partition coefficient (Wildman–Crippen LogP) is 3.09. The Morgan fingerprint density at radius 3 is 2.24 bits per heavy atom. The van der Waals surface area contributed by atoms with E-state index in [0.29, 0.717) is 11.1 Å². The summed E-state index contributed by atoms with van der Waals surface area (Å²) in [5, 5.41) is 6.72. The molecular formula is C14H18FN3O2S. The Morgan fingerprint density at radius 2 is 1.76 bits per heavy atom. The highest BCUT2D eigenvalue weighted by Crippen LogP contribution is 2.24. The molecule has 0 unspecified atom stereocenters. The third-order valence-electron chi connectivity index (χ3n) is 3.15. The third kappa shape index (κ3) is 3.24. The number of aromatic amines is 1. The summed E-state index contributed by atoms with van der Waals surface area (Å²) >= 11 is 0. The Morgan fingerprint density at radius 1 is 1.19 bits per heavy atom. The van der Waals surface area contributed by atoms with Crippen molar-refractivity contribution < 1.29 is 12.8 Å². The number of hydrogen-bond donors (Lipinski definition) is 2. The number of anilines is 1. The number of nitrogens with one attached hydrogen (secondary N) is 2. The number of benzene rings is 1. The molecule has 2 N–H and O–H groups in total. The summed E-state index contributed by atoms with van der Waals surface area (Å²) in [5.74, 6) is -0.0160. The molecule has 0 atom stereocenters. The van der Waals surface area contributed by atoms with Gasteiger partial charge in [0.1, 0.15) is 5.82 Å². The molecule has 21 heavy (non-hydrogen) atoms. The first-order valence-corrected chi connectivity index (χ1v) is 8.04. The molecule has 1 aromatic carbocycles. The minimum atomic E-state index is -3.80. The van der Waals surface area contributed by atoms with Crippen LogP contribution in [0.3, 0.4) is 0 Å². The Hall–Kier alpha value is -1.89. The molecule has 0 saturated heterocycles. The standard InChI is InChI=1S/C14H18FN3O2S/c1-8(2)12-7-13(17-16-12)18-21(19,20)14-9(3)5-11(15)6-10(14)4/h5-8H,1-4H3,(H2,16,17,18). The number of hydrogen-bond acceptors (Lipinski definition) is 3. The molecule has 1 aromatic heterocycles. The number of aromatic nitrogens is 2. The largest absolute Gasteiger partial charge is 0.280 e. The van der Waals surface area contributed by atoms with Gasteiger partial charge in [0.05, 0.1) is 4.90 Å². The van der Waals surface area contributed by atoms with Crippen LogP contribution in [0.1, 0.15) is 36.6 Å². The van der Waals surface area contributed by atoms with Crippen LogP contribution in [0.4, 0.5) is 10.2 Å². The highest BCUT2D eigenvalue weighted by Gasteiger charge is 2.21. The Balaban J connectivity index is 2.38. The molecule has 0 radical (unpaired) electrons. The van der Waals surface area contributed by atoms with Gasteiger partial charge in [-0.15, -0.1) is 0 Å². The summed E-state index contributed by atoms with van der Waals surface area (Å²) in [6, 6.07) is 4.05. The van der Waals surface area contributed by atoms with Crippen molar-refractivity contribution in [3.05, 3.63) is 40.8 Å². The van der Waals surface area contributed by atoms with Crippen LogP contribution in [0.5, 0.6) is 0 Å². The van der Waals surface area contributed by atoms with Gasteiger partial charge in [-0.05, 0) is 43.0 Å². The Labute approximate surface area is 123 Å². The minimum absolute atomic E-state index is 0.0815. The smallest absolute Gasteiger partial charge is 0.263 e. The fraction of sp³-hybridized carbons (Fsp3) is 0.357. The van der Waals surface area contributed by atoms with E-state index in [1.807, 2.05) is 13.8 Å². The summed E-state index contributed by atoms with van der Waals surface area (Å²) in [5.41, 5.74) is 1.56. The van der Waals surface area contributed by atoms with Crippen LogP contribution in [0.15, 0.2) is 23.1 Å². The molecule has 0 aliphatic rings.